The molecule has 4 rings (SSSR count). The van der Waals surface area contributed by atoms with Gasteiger partial charge in [0.2, 0.25) is 0 Å². The van der Waals surface area contributed by atoms with Gasteiger partial charge in [0.25, 0.3) is 5.91 Å². The fourth-order valence-electron chi connectivity index (χ4n) is 6.74. The Kier molecular flexibility index (Phi) is 12.1. The summed E-state index contributed by atoms with van der Waals surface area (Å²) in [5.74, 6) is 0.111. The predicted molar refractivity (Wildman–Crippen MR) is 182 cm³/mol. The predicted octanol–water partition coefficient (Wildman–Crippen LogP) is 7.28. The molecular formula is C37H48ClN3O4. The molecule has 1 saturated heterocycles. The van der Waals surface area contributed by atoms with Crippen molar-refractivity contribution in [2.24, 2.45) is 11.8 Å². The lowest BCUT2D eigenvalue weighted by molar-refractivity contribution is -0.0563. The Bertz CT molecular complexity index is 1480. The SMILES string of the molecule is CCc1cccc(-c2c(Cl)cccc2C(O)(CCCNC(=O)O)C2CCCN(C(=O)c3ccc(CNC)cc3CC(C)C)C2)c1. The molecule has 3 aromatic carbocycles. The first-order valence-electron chi connectivity index (χ1n) is 16.2. The van der Waals surface area contributed by atoms with Gasteiger partial charge in [0.05, 0.1) is 5.60 Å². The molecule has 0 spiro atoms. The highest BCUT2D eigenvalue weighted by Gasteiger charge is 2.43. The molecule has 2 amide bonds. The summed E-state index contributed by atoms with van der Waals surface area (Å²) in [4.78, 5) is 27.3. The first-order valence-corrected chi connectivity index (χ1v) is 16.6. The number of hydrogen-bond donors (Lipinski definition) is 4. The fourth-order valence-corrected chi connectivity index (χ4v) is 7.02. The summed E-state index contributed by atoms with van der Waals surface area (Å²) in [7, 11) is 1.92. The molecule has 0 aromatic heterocycles. The average molecular weight is 634 g/mol. The number of benzene rings is 3. The summed E-state index contributed by atoms with van der Waals surface area (Å²) in [6.45, 7) is 8.38. The van der Waals surface area contributed by atoms with Crippen LogP contribution < -0.4 is 10.6 Å². The molecule has 3 aromatic rings. The van der Waals surface area contributed by atoms with E-state index in [0.717, 1.165) is 65.6 Å². The second-order valence-electron chi connectivity index (χ2n) is 12.7. The highest BCUT2D eigenvalue weighted by Crippen LogP contribution is 2.46. The zero-order chi connectivity index (χ0) is 32.6. The number of nitrogens with one attached hydrogen (secondary N) is 2. The topological polar surface area (TPSA) is 102 Å². The van der Waals surface area contributed by atoms with Gasteiger partial charge in [-0.2, -0.15) is 0 Å². The average Bonchev–Trinajstić information content (AvgIpc) is 3.02. The summed E-state index contributed by atoms with van der Waals surface area (Å²) in [5.41, 5.74) is 5.16. The van der Waals surface area contributed by atoms with Crippen molar-refractivity contribution < 1.29 is 19.8 Å². The maximum Gasteiger partial charge on any atom is 0.404 e. The van der Waals surface area contributed by atoms with E-state index in [4.69, 9.17) is 11.6 Å². The molecule has 0 aliphatic carbocycles. The summed E-state index contributed by atoms with van der Waals surface area (Å²) in [6.07, 6.45) is 2.81. The van der Waals surface area contributed by atoms with Crippen molar-refractivity contribution in [1.82, 2.24) is 15.5 Å². The van der Waals surface area contributed by atoms with E-state index >= 15 is 0 Å². The van der Waals surface area contributed by atoms with Crippen molar-refractivity contribution >= 4 is 23.6 Å². The zero-order valence-electron chi connectivity index (χ0n) is 27.0. The van der Waals surface area contributed by atoms with Gasteiger partial charge in [0, 0.05) is 48.2 Å². The number of nitrogens with zero attached hydrogens (tertiary/aromatic N) is 1. The van der Waals surface area contributed by atoms with Crippen LogP contribution in [0.4, 0.5) is 4.79 Å². The Balaban J connectivity index is 1.73. The lowest BCUT2D eigenvalue weighted by Gasteiger charge is -2.44. The first-order chi connectivity index (χ1) is 21.6. The van der Waals surface area contributed by atoms with Gasteiger partial charge in [-0.05, 0) is 91.4 Å². The fraction of sp³-hybridized carbons (Fsp3) is 0.459. The number of aryl methyl sites for hydroxylation is 1. The highest BCUT2D eigenvalue weighted by molar-refractivity contribution is 6.33. The molecule has 242 valence electrons. The molecule has 1 aliphatic rings. The van der Waals surface area contributed by atoms with Crippen molar-refractivity contribution in [3.8, 4) is 11.1 Å². The van der Waals surface area contributed by atoms with Crippen LogP contribution in [0.25, 0.3) is 11.1 Å². The Morgan fingerprint density at radius 2 is 1.87 bits per heavy atom. The molecule has 2 atom stereocenters. The van der Waals surface area contributed by atoms with Crippen LogP contribution in [0.2, 0.25) is 5.02 Å². The molecular weight excluding hydrogens is 586 g/mol. The molecule has 4 N–H and O–H groups in total. The number of halogens is 1. The molecule has 1 aliphatic heterocycles. The monoisotopic (exact) mass is 633 g/mol. The molecule has 7 nitrogen and oxygen atoms in total. The Morgan fingerprint density at radius 3 is 2.58 bits per heavy atom. The molecule has 8 heteroatoms. The number of carbonyl (C=O) groups is 2. The number of piperidine rings is 1. The van der Waals surface area contributed by atoms with Gasteiger partial charge in [-0.1, -0.05) is 80.9 Å². The van der Waals surface area contributed by atoms with Crippen molar-refractivity contribution in [2.45, 2.75) is 71.4 Å². The second-order valence-corrected chi connectivity index (χ2v) is 13.1. The maximum atomic E-state index is 14.2. The summed E-state index contributed by atoms with van der Waals surface area (Å²) >= 11 is 6.89. The van der Waals surface area contributed by atoms with E-state index in [1.165, 1.54) is 5.56 Å². The number of rotatable bonds is 13. The van der Waals surface area contributed by atoms with Crippen LogP contribution in [0.15, 0.2) is 60.7 Å². The molecule has 1 fully saturated rings. The minimum atomic E-state index is -1.35. The Labute approximate surface area is 273 Å². The molecule has 0 radical (unpaired) electrons. The van der Waals surface area contributed by atoms with Crippen LogP contribution in [0.3, 0.4) is 0 Å². The van der Waals surface area contributed by atoms with Gasteiger partial charge in [0.1, 0.15) is 0 Å². The summed E-state index contributed by atoms with van der Waals surface area (Å²) < 4.78 is 0. The molecule has 45 heavy (non-hydrogen) atoms. The normalized spacial score (nSPS) is 16.4. The smallest absolute Gasteiger partial charge is 0.404 e. The van der Waals surface area contributed by atoms with Crippen LogP contribution in [0.5, 0.6) is 0 Å². The van der Waals surface area contributed by atoms with E-state index in [2.05, 4.69) is 49.6 Å². The van der Waals surface area contributed by atoms with Crippen LogP contribution >= 0.6 is 11.6 Å². The first kappa shape index (κ1) is 34.5. The van der Waals surface area contributed by atoms with Crippen molar-refractivity contribution in [2.75, 3.05) is 26.7 Å². The van der Waals surface area contributed by atoms with Crippen molar-refractivity contribution in [3.05, 3.63) is 93.5 Å². The van der Waals surface area contributed by atoms with Gasteiger partial charge in [-0.25, -0.2) is 4.79 Å². The number of carboxylic acid groups (broad SMARTS) is 1. The van der Waals surface area contributed by atoms with Crippen LogP contribution in [0.1, 0.15) is 79.1 Å². The molecule has 1 heterocycles. The van der Waals surface area contributed by atoms with E-state index in [9.17, 15) is 19.8 Å². The van der Waals surface area contributed by atoms with E-state index in [1.807, 2.05) is 54.4 Å². The Morgan fingerprint density at radius 1 is 1.09 bits per heavy atom. The number of carbonyl (C=O) groups excluding carboxylic acids is 1. The molecule has 0 bridgehead atoms. The summed E-state index contributed by atoms with van der Waals surface area (Å²) in [6, 6.07) is 20.0. The van der Waals surface area contributed by atoms with Gasteiger partial charge in [-0.15, -0.1) is 0 Å². The molecule has 0 saturated carbocycles. The number of hydrogen-bond acceptors (Lipinski definition) is 4. The standard InChI is InChI=1S/C37H48ClN3O4/c1-5-26-10-6-11-28(21-26)34-32(13-7-14-33(34)38)37(45,17-9-18-40-36(43)44)30-12-8-19-41(24-30)35(42)31-16-15-27(23-39-4)22-29(31)20-25(2)3/h6-7,10-11,13-16,21-22,25,30,39-40,45H,5,8-9,12,17-20,23-24H2,1-4H3,(H,43,44). The third kappa shape index (κ3) is 8.46. The van der Waals surface area contributed by atoms with Crippen LogP contribution in [-0.2, 0) is 25.0 Å². The van der Waals surface area contributed by atoms with Crippen LogP contribution in [0, 0.1) is 11.8 Å². The minimum absolute atomic E-state index is 0.0109. The zero-order valence-corrected chi connectivity index (χ0v) is 27.8. The van der Waals surface area contributed by atoms with Gasteiger partial charge in [0.15, 0.2) is 0 Å². The minimum Gasteiger partial charge on any atom is -0.465 e. The van der Waals surface area contributed by atoms with E-state index in [-0.39, 0.29) is 18.4 Å². The second kappa shape index (κ2) is 15.7. The van der Waals surface area contributed by atoms with Crippen molar-refractivity contribution in [3.63, 3.8) is 0 Å². The third-order valence-corrected chi connectivity index (χ3v) is 9.22. The maximum absolute atomic E-state index is 14.2. The number of likely N-dealkylation sites (tertiary alicyclic amines) is 1. The highest BCUT2D eigenvalue weighted by atomic mass is 35.5. The van der Waals surface area contributed by atoms with E-state index < -0.39 is 11.7 Å². The third-order valence-electron chi connectivity index (χ3n) is 8.91. The van der Waals surface area contributed by atoms with Crippen LogP contribution in [-0.4, -0.2) is 53.8 Å². The van der Waals surface area contributed by atoms with Crippen molar-refractivity contribution in [1.29, 1.82) is 0 Å². The van der Waals surface area contributed by atoms with E-state index in [0.29, 0.717) is 36.9 Å². The van der Waals surface area contributed by atoms with Gasteiger partial charge < -0.3 is 25.7 Å². The lowest BCUT2D eigenvalue weighted by atomic mass is 9.72. The number of aliphatic hydroxyl groups is 1. The summed E-state index contributed by atoms with van der Waals surface area (Å²) in [5, 5.41) is 28.2. The quantitative estimate of drug-likeness (QED) is 0.148. The number of amides is 2. The lowest BCUT2D eigenvalue weighted by Crippen LogP contribution is -2.48. The van der Waals surface area contributed by atoms with E-state index in [1.54, 1.807) is 0 Å². The Hall–Kier alpha value is -3.39. The van der Waals surface area contributed by atoms with Gasteiger partial charge in [-0.3, -0.25) is 4.79 Å². The molecule has 2 unspecified atom stereocenters. The van der Waals surface area contributed by atoms with Gasteiger partial charge >= 0.3 is 6.09 Å². The largest absolute Gasteiger partial charge is 0.465 e.